The first kappa shape index (κ1) is 11.4. The highest BCUT2D eigenvalue weighted by atomic mass is 16.5. The molecule has 4 nitrogen and oxygen atoms in total. The van der Waals surface area contributed by atoms with Crippen LogP contribution in [0.15, 0.2) is 47.1 Å². The lowest BCUT2D eigenvalue weighted by Gasteiger charge is -2.19. The summed E-state index contributed by atoms with van der Waals surface area (Å²) in [5, 5.41) is 3.54. The predicted octanol–water partition coefficient (Wildman–Crippen LogP) is 2.34. The van der Waals surface area contributed by atoms with E-state index in [1.165, 1.54) is 6.20 Å². The molecule has 0 aliphatic rings. The molecule has 0 bridgehead atoms. The van der Waals surface area contributed by atoms with Crippen molar-refractivity contribution in [3.05, 3.63) is 53.9 Å². The summed E-state index contributed by atoms with van der Waals surface area (Å²) < 4.78 is 4.87. The Morgan fingerprint density at radius 2 is 2.06 bits per heavy atom. The summed E-state index contributed by atoms with van der Waals surface area (Å²) in [7, 11) is 0. The summed E-state index contributed by atoms with van der Waals surface area (Å²) in [6, 6.07) is 11.4. The Labute approximate surface area is 99.8 Å². The second kappa shape index (κ2) is 5.30. The molecule has 1 aromatic heterocycles. The lowest BCUT2D eigenvalue weighted by molar-refractivity contribution is 0.0710. The highest BCUT2D eigenvalue weighted by molar-refractivity contribution is 5.91. The van der Waals surface area contributed by atoms with Crippen LogP contribution in [0, 0.1) is 0 Å². The van der Waals surface area contributed by atoms with E-state index in [-0.39, 0.29) is 11.7 Å². The van der Waals surface area contributed by atoms with E-state index >= 15 is 0 Å². The Morgan fingerprint density at radius 3 is 2.65 bits per heavy atom. The van der Waals surface area contributed by atoms with E-state index in [1.54, 1.807) is 11.0 Å². The molecular weight excluding hydrogens is 216 g/mol. The van der Waals surface area contributed by atoms with Gasteiger partial charge in [-0.05, 0) is 12.5 Å². The van der Waals surface area contributed by atoms with Crippen molar-refractivity contribution >= 4 is 5.91 Å². The van der Waals surface area contributed by atoms with Crippen LogP contribution in [0.25, 0.3) is 0 Å². The summed E-state index contributed by atoms with van der Waals surface area (Å²) in [4.78, 5) is 13.8. The standard InChI is InChI=1S/C13H14N2O2/c1-2-15(10-11-6-4-3-5-7-11)13(16)12-8-9-14-17-12/h3-9H,2,10H2,1H3. The summed E-state index contributed by atoms with van der Waals surface area (Å²) >= 11 is 0. The molecule has 2 rings (SSSR count). The first-order valence-electron chi connectivity index (χ1n) is 5.55. The predicted molar refractivity (Wildman–Crippen MR) is 63.4 cm³/mol. The highest BCUT2D eigenvalue weighted by Crippen LogP contribution is 2.09. The molecule has 88 valence electrons. The zero-order chi connectivity index (χ0) is 12.1. The van der Waals surface area contributed by atoms with Gasteiger partial charge in [-0.2, -0.15) is 0 Å². The van der Waals surface area contributed by atoms with Gasteiger partial charge >= 0.3 is 0 Å². The summed E-state index contributed by atoms with van der Waals surface area (Å²) in [5.41, 5.74) is 1.10. The maximum Gasteiger partial charge on any atom is 0.292 e. The van der Waals surface area contributed by atoms with Gasteiger partial charge < -0.3 is 9.42 Å². The van der Waals surface area contributed by atoms with E-state index in [1.807, 2.05) is 37.3 Å². The molecule has 4 heteroatoms. The number of rotatable bonds is 4. The van der Waals surface area contributed by atoms with Crippen LogP contribution in [0.1, 0.15) is 23.0 Å². The molecule has 17 heavy (non-hydrogen) atoms. The van der Waals surface area contributed by atoms with Gasteiger partial charge in [-0.1, -0.05) is 35.5 Å². The van der Waals surface area contributed by atoms with Gasteiger partial charge in [0.25, 0.3) is 5.91 Å². The fourth-order valence-electron chi connectivity index (χ4n) is 1.61. The SMILES string of the molecule is CCN(Cc1ccccc1)C(=O)c1ccno1. The summed E-state index contributed by atoms with van der Waals surface area (Å²) in [5.74, 6) is 0.150. The molecule has 1 amide bonds. The molecule has 0 saturated carbocycles. The van der Waals surface area contributed by atoms with E-state index in [2.05, 4.69) is 5.16 Å². The molecule has 0 saturated heterocycles. The van der Waals surface area contributed by atoms with Crippen LogP contribution in [0.3, 0.4) is 0 Å². The van der Waals surface area contributed by atoms with Gasteiger partial charge in [-0.3, -0.25) is 4.79 Å². The highest BCUT2D eigenvalue weighted by Gasteiger charge is 2.17. The van der Waals surface area contributed by atoms with Crippen molar-refractivity contribution in [2.75, 3.05) is 6.54 Å². The molecular formula is C13H14N2O2. The molecule has 0 spiro atoms. The van der Waals surface area contributed by atoms with E-state index < -0.39 is 0 Å². The zero-order valence-corrected chi connectivity index (χ0v) is 9.67. The van der Waals surface area contributed by atoms with Crippen LogP contribution in [0.5, 0.6) is 0 Å². The van der Waals surface area contributed by atoms with Gasteiger partial charge in [0.05, 0.1) is 6.20 Å². The average molecular weight is 230 g/mol. The van der Waals surface area contributed by atoms with Crippen molar-refractivity contribution in [3.8, 4) is 0 Å². The van der Waals surface area contributed by atoms with Crippen LogP contribution < -0.4 is 0 Å². The lowest BCUT2D eigenvalue weighted by Crippen LogP contribution is -2.29. The summed E-state index contributed by atoms with van der Waals surface area (Å²) in [6.45, 7) is 3.16. The molecule has 1 aromatic carbocycles. The Morgan fingerprint density at radius 1 is 1.29 bits per heavy atom. The Hall–Kier alpha value is -2.10. The third kappa shape index (κ3) is 2.72. The second-order valence-corrected chi connectivity index (χ2v) is 3.68. The zero-order valence-electron chi connectivity index (χ0n) is 9.67. The van der Waals surface area contributed by atoms with Crippen LogP contribution in [0.4, 0.5) is 0 Å². The number of carbonyl (C=O) groups is 1. The van der Waals surface area contributed by atoms with Gasteiger partial charge in [0.15, 0.2) is 0 Å². The molecule has 1 heterocycles. The molecule has 0 aliphatic carbocycles. The number of nitrogens with zero attached hydrogens (tertiary/aromatic N) is 2. The fraction of sp³-hybridized carbons (Fsp3) is 0.231. The van der Waals surface area contributed by atoms with Gasteiger partial charge in [0.1, 0.15) is 0 Å². The quantitative estimate of drug-likeness (QED) is 0.809. The van der Waals surface area contributed by atoms with E-state index in [0.717, 1.165) is 5.56 Å². The first-order valence-corrected chi connectivity index (χ1v) is 5.55. The molecule has 0 unspecified atom stereocenters. The van der Waals surface area contributed by atoms with Crippen molar-refractivity contribution in [1.29, 1.82) is 0 Å². The number of benzene rings is 1. The van der Waals surface area contributed by atoms with E-state index in [9.17, 15) is 4.79 Å². The Kier molecular flexibility index (Phi) is 3.55. The molecule has 0 N–H and O–H groups in total. The van der Waals surface area contributed by atoms with Crippen molar-refractivity contribution in [2.45, 2.75) is 13.5 Å². The Balaban J connectivity index is 2.10. The first-order chi connectivity index (χ1) is 8.31. The minimum atomic E-state index is -0.131. The minimum Gasteiger partial charge on any atom is -0.351 e. The van der Waals surface area contributed by atoms with Gasteiger partial charge in [0, 0.05) is 19.2 Å². The van der Waals surface area contributed by atoms with E-state index in [0.29, 0.717) is 13.1 Å². The Bertz CT molecular complexity index is 465. The summed E-state index contributed by atoms with van der Waals surface area (Å²) in [6.07, 6.45) is 1.48. The fourth-order valence-corrected chi connectivity index (χ4v) is 1.61. The van der Waals surface area contributed by atoms with Gasteiger partial charge in [-0.25, -0.2) is 0 Å². The molecule has 0 aliphatic heterocycles. The third-order valence-electron chi connectivity index (χ3n) is 2.53. The molecule has 2 aromatic rings. The van der Waals surface area contributed by atoms with Crippen molar-refractivity contribution in [1.82, 2.24) is 10.1 Å². The van der Waals surface area contributed by atoms with E-state index in [4.69, 9.17) is 4.52 Å². The number of amides is 1. The number of hydrogen-bond donors (Lipinski definition) is 0. The maximum atomic E-state index is 12.0. The average Bonchev–Trinajstić information content (AvgIpc) is 2.90. The largest absolute Gasteiger partial charge is 0.351 e. The van der Waals surface area contributed by atoms with Gasteiger partial charge in [-0.15, -0.1) is 0 Å². The third-order valence-corrected chi connectivity index (χ3v) is 2.53. The molecule has 0 radical (unpaired) electrons. The molecule has 0 fully saturated rings. The maximum absolute atomic E-state index is 12.0. The normalized spacial score (nSPS) is 10.2. The number of carbonyl (C=O) groups excluding carboxylic acids is 1. The monoisotopic (exact) mass is 230 g/mol. The number of hydrogen-bond acceptors (Lipinski definition) is 3. The van der Waals surface area contributed by atoms with Crippen LogP contribution in [-0.2, 0) is 6.54 Å². The smallest absolute Gasteiger partial charge is 0.292 e. The van der Waals surface area contributed by atoms with Crippen molar-refractivity contribution < 1.29 is 9.32 Å². The topological polar surface area (TPSA) is 46.3 Å². The van der Waals surface area contributed by atoms with Crippen molar-refractivity contribution in [3.63, 3.8) is 0 Å². The second-order valence-electron chi connectivity index (χ2n) is 3.68. The van der Waals surface area contributed by atoms with Crippen LogP contribution in [-0.4, -0.2) is 22.5 Å². The molecule has 0 atom stereocenters. The van der Waals surface area contributed by atoms with Crippen molar-refractivity contribution in [2.24, 2.45) is 0 Å². The minimum absolute atomic E-state index is 0.131. The number of aromatic nitrogens is 1. The van der Waals surface area contributed by atoms with Gasteiger partial charge in [0.2, 0.25) is 5.76 Å². The van der Waals surface area contributed by atoms with Crippen LogP contribution >= 0.6 is 0 Å². The lowest BCUT2D eigenvalue weighted by atomic mass is 10.2. The van der Waals surface area contributed by atoms with Crippen LogP contribution in [0.2, 0.25) is 0 Å².